The largest absolute Gasteiger partial charge is 0.293 e. The number of carbonyl (C=O) groups is 1. The van der Waals surface area contributed by atoms with Crippen LogP contribution in [0.5, 0.6) is 0 Å². The average molecular weight is 246 g/mol. The summed E-state index contributed by atoms with van der Waals surface area (Å²) < 4.78 is 14.2. The van der Waals surface area contributed by atoms with Gasteiger partial charge >= 0.3 is 0 Å². The van der Waals surface area contributed by atoms with Crippen LogP contribution in [0.2, 0.25) is 0 Å². The molecular weight excluding hydrogens is 235 g/mol. The van der Waals surface area contributed by atoms with E-state index in [0.717, 1.165) is 0 Å². The zero-order valence-corrected chi connectivity index (χ0v) is 9.98. The van der Waals surface area contributed by atoms with Crippen molar-refractivity contribution >= 4 is 5.78 Å². The molecule has 0 aliphatic carbocycles. The van der Waals surface area contributed by atoms with Crippen LogP contribution in [0.15, 0.2) is 35.3 Å². The molecule has 0 bridgehead atoms. The van der Waals surface area contributed by atoms with Gasteiger partial charge in [-0.15, -0.1) is 0 Å². The number of benzene rings is 1. The highest BCUT2D eigenvalue weighted by atomic mass is 19.1. The predicted molar refractivity (Wildman–Crippen MR) is 64.5 cm³/mol. The van der Waals surface area contributed by atoms with E-state index in [-0.39, 0.29) is 11.5 Å². The first-order valence-corrected chi connectivity index (χ1v) is 5.36. The van der Waals surface area contributed by atoms with Crippen LogP contribution in [-0.2, 0) is 0 Å². The van der Waals surface area contributed by atoms with Crippen molar-refractivity contribution in [3.8, 4) is 5.69 Å². The Morgan fingerprint density at radius 2 is 1.89 bits per heavy atom. The monoisotopic (exact) mass is 246 g/mol. The number of nitrogens with zero attached hydrogens (tertiary/aromatic N) is 2. The zero-order valence-electron chi connectivity index (χ0n) is 9.98. The van der Waals surface area contributed by atoms with Gasteiger partial charge in [0.05, 0.1) is 0 Å². The normalized spacial score (nSPS) is 10.4. The number of hydrogen-bond donors (Lipinski definition) is 0. The summed E-state index contributed by atoms with van der Waals surface area (Å²) in [6.07, 6.45) is 1.45. The van der Waals surface area contributed by atoms with Crippen molar-refractivity contribution in [2.24, 2.45) is 0 Å². The maximum Gasteiger partial charge on any atom is 0.284 e. The highest BCUT2D eigenvalue weighted by molar-refractivity contribution is 5.91. The highest BCUT2D eigenvalue weighted by Gasteiger charge is 2.12. The molecule has 0 saturated carbocycles. The third-order valence-electron chi connectivity index (χ3n) is 2.56. The number of Topliss-reactive ketones (excluding diaryl/α,β-unsaturated/α-hetero) is 1. The van der Waals surface area contributed by atoms with Gasteiger partial charge in [0.2, 0.25) is 0 Å². The summed E-state index contributed by atoms with van der Waals surface area (Å²) in [5, 5.41) is 0. The Kier molecular flexibility index (Phi) is 3.06. The van der Waals surface area contributed by atoms with Gasteiger partial charge < -0.3 is 0 Å². The Morgan fingerprint density at radius 1 is 1.28 bits per heavy atom. The number of ketones is 1. The molecule has 0 saturated heterocycles. The molecule has 0 unspecified atom stereocenters. The third kappa shape index (κ3) is 2.07. The second-order valence-electron chi connectivity index (χ2n) is 3.92. The second-order valence-corrected chi connectivity index (χ2v) is 3.92. The molecule has 1 aromatic carbocycles. The fourth-order valence-electron chi connectivity index (χ4n) is 1.69. The fraction of sp³-hybridized carbons (Fsp3) is 0.154. The lowest BCUT2D eigenvalue weighted by atomic mass is 10.2. The Labute approximate surface area is 103 Å². The van der Waals surface area contributed by atoms with E-state index < -0.39 is 11.3 Å². The first-order chi connectivity index (χ1) is 8.50. The first-order valence-electron chi connectivity index (χ1n) is 5.36. The molecule has 1 aromatic heterocycles. The third-order valence-corrected chi connectivity index (χ3v) is 2.56. The predicted octanol–water partition coefficient (Wildman–Crippen LogP) is 1.88. The summed E-state index contributed by atoms with van der Waals surface area (Å²) in [7, 11) is 0. The van der Waals surface area contributed by atoms with Crippen LogP contribution < -0.4 is 5.56 Å². The van der Waals surface area contributed by atoms with Crippen molar-refractivity contribution in [3.63, 3.8) is 0 Å². The van der Waals surface area contributed by atoms with Gasteiger partial charge in [-0.1, -0.05) is 0 Å². The van der Waals surface area contributed by atoms with Crippen molar-refractivity contribution in [1.29, 1.82) is 0 Å². The van der Waals surface area contributed by atoms with Crippen LogP contribution in [-0.4, -0.2) is 15.3 Å². The minimum Gasteiger partial charge on any atom is -0.293 e. The van der Waals surface area contributed by atoms with Gasteiger partial charge in [0.25, 0.3) is 5.56 Å². The molecule has 0 N–H and O–H groups in total. The topological polar surface area (TPSA) is 52.0 Å². The Balaban J connectivity index is 2.71. The lowest BCUT2D eigenvalue weighted by Gasteiger charge is -2.10. The fourth-order valence-corrected chi connectivity index (χ4v) is 1.69. The minimum atomic E-state index is -0.492. The summed E-state index contributed by atoms with van der Waals surface area (Å²) >= 11 is 0. The lowest BCUT2D eigenvalue weighted by molar-refractivity contribution is 0.101. The zero-order chi connectivity index (χ0) is 13.3. The first kappa shape index (κ1) is 12.2. The van der Waals surface area contributed by atoms with Crippen molar-refractivity contribution in [2.45, 2.75) is 13.8 Å². The van der Waals surface area contributed by atoms with Crippen molar-refractivity contribution < 1.29 is 9.18 Å². The maximum atomic E-state index is 12.9. The highest BCUT2D eigenvalue weighted by Crippen LogP contribution is 2.09. The van der Waals surface area contributed by atoms with E-state index in [9.17, 15) is 14.0 Å². The smallest absolute Gasteiger partial charge is 0.284 e. The Bertz CT molecular complexity index is 660. The van der Waals surface area contributed by atoms with Gasteiger partial charge in [-0.25, -0.2) is 9.37 Å². The molecule has 0 radical (unpaired) electrons. The number of aryl methyl sites for hydroxylation is 1. The van der Waals surface area contributed by atoms with Crippen LogP contribution in [0, 0.1) is 12.7 Å². The molecule has 2 rings (SSSR count). The summed E-state index contributed by atoms with van der Waals surface area (Å²) in [6, 6.07) is 5.48. The van der Waals surface area contributed by atoms with Gasteiger partial charge in [0, 0.05) is 24.5 Å². The number of aromatic nitrogens is 2. The molecule has 0 fully saturated rings. The van der Waals surface area contributed by atoms with E-state index in [1.807, 2.05) is 0 Å². The molecule has 0 spiro atoms. The SMILES string of the molecule is CC(=O)c1ncc(C)n(-c2ccc(F)cc2)c1=O. The minimum absolute atomic E-state index is 0.120. The quantitative estimate of drug-likeness (QED) is 0.760. The Morgan fingerprint density at radius 3 is 2.44 bits per heavy atom. The van der Waals surface area contributed by atoms with Crippen LogP contribution in [0.25, 0.3) is 5.69 Å². The van der Waals surface area contributed by atoms with Crippen LogP contribution in [0.1, 0.15) is 23.1 Å². The summed E-state index contributed by atoms with van der Waals surface area (Å²) in [5.74, 6) is -0.777. The van der Waals surface area contributed by atoms with Crippen LogP contribution in [0.4, 0.5) is 4.39 Å². The van der Waals surface area contributed by atoms with Crippen molar-refractivity contribution in [3.05, 3.63) is 58.0 Å². The molecular formula is C13H11FN2O2. The number of hydrogen-bond acceptors (Lipinski definition) is 3. The molecule has 4 nitrogen and oxygen atoms in total. The molecule has 0 atom stereocenters. The second kappa shape index (κ2) is 4.52. The summed E-state index contributed by atoms with van der Waals surface area (Å²) in [5.41, 5.74) is 0.472. The van der Waals surface area contributed by atoms with Crippen molar-refractivity contribution in [1.82, 2.24) is 9.55 Å². The molecule has 5 heteroatoms. The lowest BCUT2D eigenvalue weighted by Crippen LogP contribution is -2.27. The number of carbonyl (C=O) groups excluding carboxylic acids is 1. The summed E-state index contributed by atoms with van der Waals surface area (Å²) in [6.45, 7) is 2.98. The molecule has 92 valence electrons. The van der Waals surface area contributed by atoms with Gasteiger partial charge in [-0.3, -0.25) is 14.2 Å². The molecule has 0 amide bonds. The van der Waals surface area contributed by atoms with E-state index in [0.29, 0.717) is 11.4 Å². The van der Waals surface area contributed by atoms with Gasteiger partial charge in [-0.05, 0) is 31.2 Å². The van der Waals surface area contributed by atoms with E-state index >= 15 is 0 Å². The van der Waals surface area contributed by atoms with Crippen molar-refractivity contribution in [2.75, 3.05) is 0 Å². The van der Waals surface area contributed by atoms with Crippen LogP contribution >= 0.6 is 0 Å². The standard InChI is InChI=1S/C13H11FN2O2/c1-8-7-15-12(9(2)17)13(18)16(8)11-5-3-10(14)4-6-11/h3-7H,1-2H3. The molecule has 2 aromatic rings. The number of rotatable bonds is 2. The molecule has 18 heavy (non-hydrogen) atoms. The van der Waals surface area contributed by atoms with E-state index in [1.54, 1.807) is 6.92 Å². The van der Waals surface area contributed by atoms with Crippen LogP contribution in [0.3, 0.4) is 0 Å². The number of halogens is 1. The molecule has 0 aliphatic rings. The van der Waals surface area contributed by atoms with Gasteiger partial charge in [0.1, 0.15) is 5.82 Å². The Hall–Kier alpha value is -2.30. The van der Waals surface area contributed by atoms with E-state index in [2.05, 4.69) is 4.98 Å². The molecule has 1 heterocycles. The summed E-state index contributed by atoms with van der Waals surface area (Å²) in [4.78, 5) is 27.2. The maximum absolute atomic E-state index is 12.9. The van der Waals surface area contributed by atoms with Gasteiger partial charge in [-0.2, -0.15) is 0 Å². The van der Waals surface area contributed by atoms with E-state index in [4.69, 9.17) is 0 Å². The van der Waals surface area contributed by atoms with E-state index in [1.165, 1.54) is 42.0 Å². The van der Waals surface area contributed by atoms with Gasteiger partial charge in [0.15, 0.2) is 11.5 Å². The average Bonchev–Trinajstić information content (AvgIpc) is 2.31. The molecule has 0 aliphatic heterocycles.